The van der Waals surface area contributed by atoms with Gasteiger partial charge in [-0.3, -0.25) is 4.98 Å². The van der Waals surface area contributed by atoms with Gasteiger partial charge in [-0.05, 0) is 36.8 Å². The average molecular weight is 450 g/mol. The van der Waals surface area contributed by atoms with E-state index in [4.69, 9.17) is 4.74 Å². The zero-order chi connectivity index (χ0) is 24.0. The number of rotatable bonds is 9. The Morgan fingerprint density at radius 2 is 1.94 bits per heavy atom. The maximum atomic E-state index is 13.5. The first-order valence-corrected chi connectivity index (χ1v) is 10.4. The summed E-state index contributed by atoms with van der Waals surface area (Å²) in [5, 5.41) is 3.17. The van der Waals surface area contributed by atoms with Crippen molar-refractivity contribution in [1.29, 1.82) is 0 Å². The molecule has 0 aliphatic carbocycles. The van der Waals surface area contributed by atoms with Gasteiger partial charge in [0.25, 0.3) is 0 Å². The Bertz CT molecular complexity index is 1210. The van der Waals surface area contributed by atoms with Gasteiger partial charge < -0.3 is 15.0 Å². The van der Waals surface area contributed by atoms with Gasteiger partial charge in [0.15, 0.2) is 11.6 Å². The predicted octanol–water partition coefficient (Wildman–Crippen LogP) is 6.56. The molecule has 0 bridgehead atoms. The molecule has 1 aromatic heterocycles. The van der Waals surface area contributed by atoms with Crippen LogP contribution in [0, 0.1) is 18.6 Å². The monoisotopic (exact) mass is 449 g/mol. The Labute approximate surface area is 195 Å². The zero-order valence-corrected chi connectivity index (χ0v) is 19.0. The van der Waals surface area contributed by atoms with Crippen molar-refractivity contribution in [3.05, 3.63) is 114 Å². The molecular weight excluding hydrogens is 420 g/mol. The highest BCUT2D eigenvalue weighted by molar-refractivity contribution is 5.71. The van der Waals surface area contributed by atoms with Gasteiger partial charge in [-0.15, -0.1) is 0 Å². The molecule has 0 saturated carbocycles. The number of nitrogens with zero attached hydrogens (tertiary/aromatic N) is 2. The average Bonchev–Trinajstić information content (AvgIpc) is 2.79. The van der Waals surface area contributed by atoms with Crippen LogP contribution in [0.1, 0.15) is 23.8 Å². The lowest BCUT2D eigenvalue weighted by Crippen LogP contribution is -2.12. The molecule has 0 fully saturated rings. The largest absolute Gasteiger partial charge is 0.457 e. The Morgan fingerprint density at radius 1 is 1.15 bits per heavy atom. The Morgan fingerprint density at radius 3 is 2.64 bits per heavy atom. The van der Waals surface area contributed by atoms with E-state index in [1.165, 1.54) is 12.1 Å². The summed E-state index contributed by atoms with van der Waals surface area (Å²) in [6.07, 6.45) is 5.38. The molecule has 2 aromatic carbocycles. The third-order valence-electron chi connectivity index (χ3n) is 4.97. The van der Waals surface area contributed by atoms with Crippen LogP contribution < -0.4 is 10.1 Å². The highest BCUT2D eigenvalue weighted by Crippen LogP contribution is 2.30. The normalized spacial score (nSPS) is 11.1. The quantitative estimate of drug-likeness (QED) is 0.376. The predicted molar refractivity (Wildman–Crippen MR) is 132 cm³/mol. The second-order valence-electron chi connectivity index (χ2n) is 7.74. The molecule has 0 atom stereocenters. The number of ether oxygens (including phenoxy) is 1. The SMILES string of the molecule is C=C/C(=C\N(C)C)c1cc(Oc2cccc(C(=C)NCc3ccc(F)c(F)c3)c2C)ccn1.[HH]. The molecule has 0 aliphatic heterocycles. The molecule has 3 aromatic rings. The van der Waals surface area contributed by atoms with Gasteiger partial charge in [-0.25, -0.2) is 8.78 Å². The summed E-state index contributed by atoms with van der Waals surface area (Å²) >= 11 is 0. The number of hydrogen-bond acceptors (Lipinski definition) is 4. The number of allylic oxidation sites excluding steroid dienone is 2. The van der Waals surface area contributed by atoms with E-state index in [-0.39, 0.29) is 1.43 Å². The van der Waals surface area contributed by atoms with Crippen molar-refractivity contribution < 1.29 is 14.9 Å². The smallest absolute Gasteiger partial charge is 0.159 e. The molecule has 4 nitrogen and oxygen atoms in total. The summed E-state index contributed by atoms with van der Waals surface area (Å²) in [5.74, 6) is -0.414. The lowest BCUT2D eigenvalue weighted by molar-refractivity contribution is 0.477. The molecule has 0 spiro atoms. The van der Waals surface area contributed by atoms with E-state index in [1.807, 2.05) is 56.4 Å². The van der Waals surface area contributed by atoms with E-state index >= 15 is 0 Å². The standard InChI is InChI=1S/C27H27F2N3O.H2/c1-6-21(17-32(4)5)26-15-22(12-13-30-26)33-27-9-7-8-23(18(27)2)19(3)31-16-20-10-11-24(28)25(29)14-20;/h6-15,17,31H,1,3,16H2,2,4-5H3;1H/b21-17+;. The van der Waals surface area contributed by atoms with Crippen LogP contribution in [0.5, 0.6) is 11.5 Å². The third-order valence-corrected chi connectivity index (χ3v) is 4.97. The van der Waals surface area contributed by atoms with E-state index in [1.54, 1.807) is 18.3 Å². The molecule has 33 heavy (non-hydrogen) atoms. The van der Waals surface area contributed by atoms with Crippen molar-refractivity contribution in [2.75, 3.05) is 14.1 Å². The number of aromatic nitrogens is 1. The summed E-state index contributed by atoms with van der Waals surface area (Å²) in [6, 6.07) is 13.2. The van der Waals surface area contributed by atoms with Crippen molar-refractivity contribution in [3.63, 3.8) is 0 Å². The summed E-state index contributed by atoms with van der Waals surface area (Å²) in [5.41, 5.74) is 4.66. The molecule has 3 rings (SSSR count). The van der Waals surface area contributed by atoms with E-state index in [0.29, 0.717) is 29.3 Å². The van der Waals surface area contributed by atoms with Crippen LogP contribution in [0.3, 0.4) is 0 Å². The van der Waals surface area contributed by atoms with Gasteiger partial charge in [-0.1, -0.05) is 37.4 Å². The molecular formula is C27H29F2N3O. The lowest BCUT2D eigenvalue weighted by atomic mass is 10.0. The van der Waals surface area contributed by atoms with Gasteiger partial charge in [0.05, 0.1) is 5.69 Å². The fourth-order valence-corrected chi connectivity index (χ4v) is 3.27. The van der Waals surface area contributed by atoms with Crippen LogP contribution in [-0.2, 0) is 6.54 Å². The maximum Gasteiger partial charge on any atom is 0.159 e. The Kier molecular flexibility index (Phi) is 7.61. The fraction of sp³-hybridized carbons (Fsp3) is 0.148. The molecule has 6 heteroatoms. The topological polar surface area (TPSA) is 37.4 Å². The van der Waals surface area contributed by atoms with Crippen LogP contribution in [-0.4, -0.2) is 24.0 Å². The third kappa shape index (κ3) is 6.07. The maximum absolute atomic E-state index is 13.5. The zero-order valence-electron chi connectivity index (χ0n) is 19.0. The van der Waals surface area contributed by atoms with Crippen LogP contribution in [0.25, 0.3) is 11.3 Å². The molecule has 0 aliphatic rings. The molecule has 0 amide bonds. The minimum atomic E-state index is -0.872. The minimum absolute atomic E-state index is 0. The number of halogens is 2. The van der Waals surface area contributed by atoms with Crippen molar-refractivity contribution in [2.24, 2.45) is 0 Å². The van der Waals surface area contributed by atoms with Crippen molar-refractivity contribution in [1.82, 2.24) is 15.2 Å². The summed E-state index contributed by atoms with van der Waals surface area (Å²) < 4.78 is 32.8. The molecule has 0 unspecified atom stereocenters. The minimum Gasteiger partial charge on any atom is -0.457 e. The second kappa shape index (κ2) is 10.6. The number of pyridine rings is 1. The Hall–Kier alpha value is -3.93. The molecule has 1 heterocycles. The first-order valence-electron chi connectivity index (χ1n) is 10.4. The lowest BCUT2D eigenvalue weighted by Gasteiger charge is -2.16. The first-order chi connectivity index (χ1) is 15.8. The van der Waals surface area contributed by atoms with E-state index in [9.17, 15) is 8.78 Å². The first kappa shape index (κ1) is 23.7. The van der Waals surface area contributed by atoms with Crippen molar-refractivity contribution in [3.8, 4) is 11.5 Å². The summed E-state index contributed by atoms with van der Waals surface area (Å²) in [6.45, 7) is 10.2. The van der Waals surface area contributed by atoms with Crippen molar-refractivity contribution in [2.45, 2.75) is 13.5 Å². The van der Waals surface area contributed by atoms with E-state index < -0.39 is 11.6 Å². The van der Waals surface area contributed by atoms with Gasteiger partial charge in [0, 0.05) is 62.9 Å². The van der Waals surface area contributed by atoms with E-state index in [2.05, 4.69) is 23.5 Å². The van der Waals surface area contributed by atoms with Gasteiger partial charge in [0.1, 0.15) is 11.5 Å². The van der Waals surface area contributed by atoms with Gasteiger partial charge in [-0.2, -0.15) is 0 Å². The molecule has 1 N–H and O–H groups in total. The molecule has 172 valence electrons. The summed E-state index contributed by atoms with van der Waals surface area (Å²) in [4.78, 5) is 6.35. The van der Waals surface area contributed by atoms with Crippen LogP contribution in [0.4, 0.5) is 8.78 Å². The number of hydrogen-bond donors (Lipinski definition) is 1. The number of nitrogens with one attached hydrogen (secondary N) is 1. The Balaban J connectivity index is 0.00000408. The summed E-state index contributed by atoms with van der Waals surface area (Å²) in [7, 11) is 3.87. The molecule has 0 saturated heterocycles. The van der Waals surface area contributed by atoms with Crippen LogP contribution in [0.2, 0.25) is 0 Å². The highest BCUT2D eigenvalue weighted by Gasteiger charge is 2.11. The molecule has 0 radical (unpaired) electrons. The van der Waals surface area contributed by atoms with E-state index in [0.717, 1.165) is 28.5 Å². The fourth-order valence-electron chi connectivity index (χ4n) is 3.27. The number of benzene rings is 2. The van der Waals surface area contributed by atoms with Gasteiger partial charge >= 0.3 is 0 Å². The highest BCUT2D eigenvalue weighted by atomic mass is 19.2. The van der Waals surface area contributed by atoms with Crippen LogP contribution in [0.15, 0.2) is 80.2 Å². The van der Waals surface area contributed by atoms with Crippen molar-refractivity contribution >= 4 is 11.3 Å². The van der Waals surface area contributed by atoms with Gasteiger partial charge in [0.2, 0.25) is 0 Å². The second-order valence-corrected chi connectivity index (χ2v) is 7.74. The van der Waals surface area contributed by atoms with Crippen LogP contribution >= 0.6 is 0 Å².